The van der Waals surface area contributed by atoms with E-state index < -0.39 is 0 Å². The lowest BCUT2D eigenvalue weighted by atomic mass is 9.79. The Morgan fingerprint density at radius 1 is 1.13 bits per heavy atom. The van der Waals surface area contributed by atoms with Crippen molar-refractivity contribution in [2.45, 2.75) is 44.6 Å². The molecule has 4 rings (SSSR count). The average Bonchev–Trinajstić information content (AvgIpc) is 3.15. The van der Waals surface area contributed by atoms with E-state index in [4.69, 9.17) is 11.6 Å². The van der Waals surface area contributed by atoms with Crippen molar-refractivity contribution >= 4 is 28.8 Å². The van der Waals surface area contributed by atoms with Crippen molar-refractivity contribution in [2.75, 3.05) is 39.8 Å². The molecule has 30 heavy (non-hydrogen) atoms. The molecule has 1 N–H and O–H groups in total. The number of hydrogen-bond acceptors (Lipinski definition) is 5. The number of nitrogens with zero attached hydrogens (tertiary/aromatic N) is 3. The molecule has 2 aromatic rings. The summed E-state index contributed by atoms with van der Waals surface area (Å²) in [7, 11) is 2.18. The molecule has 0 radical (unpaired) electrons. The van der Waals surface area contributed by atoms with Gasteiger partial charge >= 0.3 is 0 Å². The molecular weight excluding hydrogens is 416 g/mol. The fraction of sp³-hybridized carbons (Fsp3) is 0.565. The standard InChI is InChI=1S/C23H31ClN4OS/c1-17-6-8-18(9-7-17)22-26-19(20(24)30-22)21(29)25-16-23(10-4-3-5-11-23)28-14-12-27(2)13-15-28/h6-9H,3-5,10-16H2,1-2H3,(H,25,29). The zero-order chi connectivity index (χ0) is 21.1. The number of hydrogen-bond donors (Lipinski definition) is 1. The first-order chi connectivity index (χ1) is 14.5. The number of thiazole rings is 1. The molecule has 0 bridgehead atoms. The SMILES string of the molecule is Cc1ccc(-c2nc(C(=O)NCC3(N4CCN(C)CC4)CCCCC3)c(Cl)s2)cc1. The monoisotopic (exact) mass is 446 g/mol. The van der Waals surface area contributed by atoms with Crippen molar-refractivity contribution in [3.8, 4) is 10.6 Å². The first-order valence-corrected chi connectivity index (χ1v) is 12.1. The molecule has 1 aromatic heterocycles. The van der Waals surface area contributed by atoms with Gasteiger partial charge in [0.2, 0.25) is 0 Å². The van der Waals surface area contributed by atoms with E-state index in [2.05, 4.69) is 34.1 Å². The first kappa shape index (κ1) is 21.8. The highest BCUT2D eigenvalue weighted by Gasteiger charge is 2.39. The lowest BCUT2D eigenvalue weighted by Gasteiger charge is -2.49. The van der Waals surface area contributed by atoms with Gasteiger partial charge in [0.25, 0.3) is 5.91 Å². The Balaban J connectivity index is 1.46. The second kappa shape index (κ2) is 9.35. The smallest absolute Gasteiger partial charge is 0.272 e. The number of carbonyl (C=O) groups is 1. The van der Waals surface area contributed by atoms with E-state index >= 15 is 0 Å². The summed E-state index contributed by atoms with van der Waals surface area (Å²) in [5.74, 6) is -0.159. The predicted molar refractivity (Wildman–Crippen MR) is 125 cm³/mol. The number of amides is 1. The molecule has 1 aromatic carbocycles. The molecule has 7 heteroatoms. The minimum Gasteiger partial charge on any atom is -0.349 e. The summed E-state index contributed by atoms with van der Waals surface area (Å²) in [4.78, 5) is 22.6. The van der Waals surface area contributed by atoms with Crippen LogP contribution in [0.25, 0.3) is 10.6 Å². The second-order valence-electron chi connectivity index (χ2n) is 8.77. The second-order valence-corrected chi connectivity index (χ2v) is 10.4. The summed E-state index contributed by atoms with van der Waals surface area (Å²) in [6, 6.07) is 8.15. The van der Waals surface area contributed by atoms with E-state index in [0.717, 1.165) is 49.6 Å². The number of aryl methyl sites for hydroxylation is 1. The lowest BCUT2D eigenvalue weighted by molar-refractivity contribution is 0.0138. The number of benzene rings is 1. The Hall–Kier alpha value is -1.47. The third-order valence-corrected chi connectivity index (χ3v) is 7.94. The van der Waals surface area contributed by atoms with Crippen LogP contribution in [0.2, 0.25) is 4.34 Å². The van der Waals surface area contributed by atoms with Gasteiger partial charge < -0.3 is 10.2 Å². The molecule has 0 atom stereocenters. The number of rotatable bonds is 5. The van der Waals surface area contributed by atoms with Gasteiger partial charge in [-0.3, -0.25) is 9.69 Å². The largest absolute Gasteiger partial charge is 0.349 e. The molecule has 1 saturated heterocycles. The highest BCUT2D eigenvalue weighted by molar-refractivity contribution is 7.19. The topological polar surface area (TPSA) is 48.5 Å². The predicted octanol–water partition coefficient (Wildman–Crippen LogP) is 4.45. The minimum absolute atomic E-state index is 0.0669. The van der Waals surface area contributed by atoms with Crippen LogP contribution in [-0.2, 0) is 0 Å². The van der Waals surface area contributed by atoms with Crippen molar-refractivity contribution in [3.63, 3.8) is 0 Å². The number of nitrogens with one attached hydrogen (secondary N) is 1. The van der Waals surface area contributed by atoms with E-state index in [9.17, 15) is 4.79 Å². The fourth-order valence-corrected chi connectivity index (χ4v) is 5.83. The minimum atomic E-state index is -0.159. The Morgan fingerprint density at radius 3 is 2.47 bits per heavy atom. The summed E-state index contributed by atoms with van der Waals surface area (Å²) in [5, 5.41) is 3.99. The molecule has 1 saturated carbocycles. The fourth-order valence-electron chi connectivity index (χ4n) is 4.69. The zero-order valence-electron chi connectivity index (χ0n) is 17.9. The van der Waals surface area contributed by atoms with Gasteiger partial charge in [-0.25, -0.2) is 4.98 Å². The lowest BCUT2D eigenvalue weighted by Crippen LogP contribution is -2.61. The van der Waals surface area contributed by atoms with Gasteiger partial charge in [-0.1, -0.05) is 60.7 Å². The van der Waals surface area contributed by atoms with E-state index in [1.54, 1.807) is 0 Å². The van der Waals surface area contributed by atoms with Crippen LogP contribution in [0.1, 0.15) is 48.2 Å². The van der Waals surface area contributed by atoms with Gasteiger partial charge in [0.05, 0.1) is 0 Å². The van der Waals surface area contributed by atoms with Crippen LogP contribution in [0.4, 0.5) is 0 Å². The van der Waals surface area contributed by atoms with Crippen LogP contribution in [0.3, 0.4) is 0 Å². The third-order valence-electron chi connectivity index (χ3n) is 6.64. The van der Waals surface area contributed by atoms with Crippen LogP contribution in [0.15, 0.2) is 24.3 Å². The maximum atomic E-state index is 13.0. The van der Waals surface area contributed by atoms with Crippen molar-refractivity contribution in [1.29, 1.82) is 0 Å². The number of carbonyl (C=O) groups excluding carboxylic acids is 1. The van der Waals surface area contributed by atoms with Gasteiger partial charge in [0.15, 0.2) is 5.69 Å². The van der Waals surface area contributed by atoms with Gasteiger partial charge in [0, 0.05) is 43.8 Å². The van der Waals surface area contributed by atoms with Crippen molar-refractivity contribution in [3.05, 3.63) is 39.9 Å². The van der Waals surface area contributed by atoms with E-state index in [1.807, 2.05) is 24.3 Å². The maximum absolute atomic E-state index is 13.0. The van der Waals surface area contributed by atoms with Gasteiger partial charge in [-0.2, -0.15) is 0 Å². The highest BCUT2D eigenvalue weighted by atomic mass is 35.5. The maximum Gasteiger partial charge on any atom is 0.272 e. The molecule has 2 fully saturated rings. The van der Waals surface area contributed by atoms with Crippen LogP contribution in [0, 0.1) is 6.92 Å². The van der Waals surface area contributed by atoms with E-state index in [1.165, 1.54) is 36.2 Å². The summed E-state index contributed by atoms with van der Waals surface area (Å²) in [5.41, 5.74) is 2.60. The van der Waals surface area contributed by atoms with Crippen molar-refractivity contribution in [2.24, 2.45) is 0 Å². The van der Waals surface area contributed by atoms with Crippen LogP contribution < -0.4 is 5.32 Å². The molecule has 1 amide bonds. The Morgan fingerprint density at radius 2 is 1.80 bits per heavy atom. The van der Waals surface area contributed by atoms with Crippen LogP contribution in [-0.4, -0.2) is 66.0 Å². The van der Waals surface area contributed by atoms with Gasteiger partial charge in [0.1, 0.15) is 9.34 Å². The molecule has 0 unspecified atom stereocenters. The summed E-state index contributed by atoms with van der Waals surface area (Å²) in [6.45, 7) is 7.05. The Bertz CT molecular complexity index is 868. The average molecular weight is 447 g/mol. The molecule has 1 aliphatic heterocycles. The molecular formula is C23H31ClN4OS. The van der Waals surface area contributed by atoms with Gasteiger partial charge in [-0.15, -0.1) is 11.3 Å². The molecule has 5 nitrogen and oxygen atoms in total. The van der Waals surface area contributed by atoms with E-state index in [0.29, 0.717) is 16.6 Å². The van der Waals surface area contributed by atoms with Gasteiger partial charge in [-0.05, 0) is 26.8 Å². The number of aromatic nitrogens is 1. The number of likely N-dealkylation sites (N-methyl/N-ethyl adjacent to an activating group) is 1. The summed E-state index contributed by atoms with van der Waals surface area (Å²) < 4.78 is 0.459. The molecule has 0 spiro atoms. The molecule has 162 valence electrons. The van der Waals surface area contributed by atoms with Crippen LogP contribution in [0.5, 0.6) is 0 Å². The molecule has 2 aliphatic rings. The normalized spacial score (nSPS) is 20.2. The highest BCUT2D eigenvalue weighted by Crippen LogP contribution is 2.35. The van der Waals surface area contributed by atoms with Crippen molar-refractivity contribution < 1.29 is 4.79 Å². The summed E-state index contributed by atoms with van der Waals surface area (Å²) >= 11 is 7.79. The molecule has 1 aliphatic carbocycles. The zero-order valence-corrected chi connectivity index (χ0v) is 19.5. The first-order valence-electron chi connectivity index (χ1n) is 10.9. The molecule has 2 heterocycles. The Labute approximate surface area is 188 Å². The van der Waals surface area contributed by atoms with E-state index in [-0.39, 0.29) is 11.4 Å². The number of halogens is 1. The quantitative estimate of drug-likeness (QED) is 0.737. The summed E-state index contributed by atoms with van der Waals surface area (Å²) in [6.07, 6.45) is 6.06. The van der Waals surface area contributed by atoms with Crippen LogP contribution >= 0.6 is 22.9 Å². The Kier molecular flexibility index (Phi) is 6.78. The third kappa shape index (κ3) is 4.72. The van der Waals surface area contributed by atoms with Crippen molar-refractivity contribution in [1.82, 2.24) is 20.1 Å². The number of piperazine rings is 1.